The van der Waals surface area contributed by atoms with Crippen molar-refractivity contribution in [2.24, 2.45) is 0 Å². The molecule has 0 amide bonds. The normalized spacial score (nSPS) is 20.6. The standard InChI is InChI=1S/C32H39F3N6OS/c1-4-22(5-2)41(43-3)16-12-36-30-24-17-25(34)27(23-9-6-13-39-14-7-10-26(23)39)28(35)29(24)37-31(38-30)42-20-32-11-8-15-40(32)19-21(33)18-32/h6-7,9-10,13-14,17,21-22H,4-5,8,11-12,15-16,18-20H2,1-3H3,(H,36,37,38)/t21?,32-/m0/s1. The molecule has 0 aliphatic carbocycles. The smallest absolute Gasteiger partial charge is 0.319 e. The number of benzene rings is 1. The van der Waals surface area contributed by atoms with Gasteiger partial charge in [-0.15, -0.1) is 0 Å². The third kappa shape index (κ3) is 5.67. The summed E-state index contributed by atoms with van der Waals surface area (Å²) in [6, 6.07) is 8.85. The summed E-state index contributed by atoms with van der Waals surface area (Å²) >= 11 is 1.68. The van der Waals surface area contributed by atoms with E-state index in [0.717, 1.165) is 32.2 Å². The van der Waals surface area contributed by atoms with E-state index in [1.54, 1.807) is 24.1 Å². The number of alkyl halides is 1. The molecule has 0 radical (unpaired) electrons. The molecule has 230 valence electrons. The van der Waals surface area contributed by atoms with Gasteiger partial charge < -0.3 is 14.5 Å². The summed E-state index contributed by atoms with van der Waals surface area (Å²) in [5, 5.41) is 3.57. The maximum absolute atomic E-state index is 16.4. The lowest BCUT2D eigenvalue weighted by molar-refractivity contribution is 0.107. The lowest BCUT2D eigenvalue weighted by atomic mass is 9.95. The van der Waals surface area contributed by atoms with Crippen LogP contribution in [0.4, 0.5) is 19.0 Å². The SMILES string of the molecule is CCC(CC)N(CCNc1nc(OC[C@@]23CCCN2CC(F)C3)nc2c(F)c(-c3cccn4cccc34)c(F)cc12)SC. The first-order valence-corrected chi connectivity index (χ1v) is 16.4. The molecule has 4 aromatic rings. The quantitative estimate of drug-likeness (QED) is 0.174. The van der Waals surface area contributed by atoms with Crippen molar-refractivity contribution in [1.82, 2.24) is 23.6 Å². The molecule has 0 bridgehead atoms. The number of ether oxygens (including phenoxy) is 1. The number of nitrogens with zero attached hydrogens (tertiary/aromatic N) is 5. The fraction of sp³-hybridized carbons (Fsp3) is 0.500. The minimum Gasteiger partial charge on any atom is -0.461 e. The van der Waals surface area contributed by atoms with Gasteiger partial charge in [0.1, 0.15) is 29.9 Å². The number of rotatable bonds is 12. The minimum atomic E-state index is -0.896. The number of halogens is 3. The zero-order chi connectivity index (χ0) is 30.1. The van der Waals surface area contributed by atoms with Crippen LogP contribution in [0.1, 0.15) is 46.0 Å². The Morgan fingerprint density at radius 1 is 1.19 bits per heavy atom. The number of hydrogen-bond donors (Lipinski definition) is 1. The van der Waals surface area contributed by atoms with Gasteiger partial charge in [0.25, 0.3) is 0 Å². The second kappa shape index (κ2) is 12.5. The number of pyridine rings is 1. The molecule has 1 aromatic carbocycles. The molecule has 0 spiro atoms. The largest absolute Gasteiger partial charge is 0.461 e. The van der Waals surface area contributed by atoms with E-state index in [2.05, 4.69) is 44.6 Å². The molecule has 0 saturated carbocycles. The third-order valence-corrected chi connectivity index (χ3v) is 10.1. The first kappa shape index (κ1) is 30.0. The van der Waals surface area contributed by atoms with Crippen molar-refractivity contribution >= 4 is 34.2 Å². The van der Waals surface area contributed by atoms with Gasteiger partial charge in [0.15, 0.2) is 5.82 Å². The van der Waals surface area contributed by atoms with Crippen molar-refractivity contribution in [3.05, 3.63) is 54.4 Å². The number of nitrogens with one attached hydrogen (secondary N) is 1. The van der Waals surface area contributed by atoms with Crippen LogP contribution in [0, 0.1) is 11.6 Å². The molecule has 3 aromatic heterocycles. The van der Waals surface area contributed by atoms with Crippen LogP contribution in [0.5, 0.6) is 6.01 Å². The van der Waals surface area contributed by atoms with Crippen molar-refractivity contribution < 1.29 is 17.9 Å². The van der Waals surface area contributed by atoms with E-state index in [1.165, 1.54) is 6.07 Å². The Bertz CT molecular complexity index is 1600. The zero-order valence-electron chi connectivity index (χ0n) is 25.0. The Kier molecular flexibility index (Phi) is 8.75. The van der Waals surface area contributed by atoms with E-state index in [0.29, 0.717) is 49.0 Å². The van der Waals surface area contributed by atoms with Crippen LogP contribution >= 0.6 is 11.9 Å². The highest BCUT2D eigenvalue weighted by Gasteiger charge is 2.49. The Labute approximate surface area is 254 Å². The van der Waals surface area contributed by atoms with Gasteiger partial charge in [0.2, 0.25) is 0 Å². The van der Waals surface area contributed by atoms with Crippen LogP contribution in [0.15, 0.2) is 42.7 Å². The average Bonchev–Trinajstić information content (AvgIpc) is 3.71. The number of aromatic nitrogens is 3. The Morgan fingerprint density at radius 3 is 2.74 bits per heavy atom. The molecule has 7 nitrogen and oxygen atoms in total. The molecular weight excluding hydrogens is 573 g/mol. The predicted molar refractivity (Wildman–Crippen MR) is 167 cm³/mol. The number of anilines is 1. The van der Waals surface area contributed by atoms with Crippen molar-refractivity contribution in [3.63, 3.8) is 0 Å². The van der Waals surface area contributed by atoms with Gasteiger partial charge in [0.05, 0.1) is 16.6 Å². The Balaban J connectivity index is 1.38. The zero-order valence-corrected chi connectivity index (χ0v) is 25.8. The lowest BCUT2D eigenvalue weighted by Gasteiger charge is -2.30. The molecule has 2 aliphatic heterocycles. The van der Waals surface area contributed by atoms with E-state index in [-0.39, 0.29) is 29.1 Å². The van der Waals surface area contributed by atoms with E-state index < -0.39 is 23.3 Å². The Hall–Kier alpha value is -3.02. The van der Waals surface area contributed by atoms with Crippen LogP contribution in [-0.4, -0.2) is 80.4 Å². The molecule has 2 saturated heterocycles. The first-order chi connectivity index (χ1) is 20.9. The second-order valence-electron chi connectivity index (χ2n) is 11.6. The van der Waals surface area contributed by atoms with Gasteiger partial charge in [-0.05, 0) is 62.7 Å². The molecule has 1 N–H and O–H groups in total. The van der Waals surface area contributed by atoms with Gasteiger partial charge in [-0.3, -0.25) is 4.90 Å². The van der Waals surface area contributed by atoms with Crippen molar-refractivity contribution in [2.45, 2.75) is 63.7 Å². The fourth-order valence-corrected chi connectivity index (χ4v) is 7.82. The highest BCUT2D eigenvalue weighted by molar-refractivity contribution is 7.96. The summed E-state index contributed by atoms with van der Waals surface area (Å²) in [5.41, 5.74) is 0.545. The maximum atomic E-state index is 16.4. The van der Waals surface area contributed by atoms with Gasteiger partial charge in [-0.1, -0.05) is 31.9 Å². The van der Waals surface area contributed by atoms with Crippen LogP contribution in [0.3, 0.4) is 0 Å². The van der Waals surface area contributed by atoms with E-state index in [1.807, 2.05) is 28.9 Å². The fourth-order valence-electron chi connectivity index (χ4n) is 6.95. The van der Waals surface area contributed by atoms with Gasteiger partial charge in [-0.2, -0.15) is 9.97 Å². The van der Waals surface area contributed by atoms with Crippen LogP contribution in [0.2, 0.25) is 0 Å². The molecule has 6 rings (SSSR count). The van der Waals surface area contributed by atoms with Crippen molar-refractivity contribution in [3.8, 4) is 17.1 Å². The van der Waals surface area contributed by atoms with Crippen LogP contribution in [-0.2, 0) is 0 Å². The number of fused-ring (bicyclic) bond motifs is 3. The van der Waals surface area contributed by atoms with Gasteiger partial charge >= 0.3 is 6.01 Å². The third-order valence-electron chi connectivity index (χ3n) is 9.14. The molecule has 1 unspecified atom stereocenters. The minimum absolute atomic E-state index is 0.00222. The second-order valence-corrected chi connectivity index (χ2v) is 12.4. The molecule has 2 atom stereocenters. The first-order valence-electron chi connectivity index (χ1n) is 15.2. The van der Waals surface area contributed by atoms with E-state index >= 15 is 8.78 Å². The average molecular weight is 613 g/mol. The summed E-state index contributed by atoms with van der Waals surface area (Å²) in [4.78, 5) is 11.2. The van der Waals surface area contributed by atoms with Gasteiger partial charge in [0, 0.05) is 55.4 Å². The summed E-state index contributed by atoms with van der Waals surface area (Å²) in [5.74, 6) is -1.15. The molecule has 43 heavy (non-hydrogen) atoms. The molecule has 11 heteroatoms. The Morgan fingerprint density at radius 2 is 1.98 bits per heavy atom. The topological polar surface area (TPSA) is 57.9 Å². The van der Waals surface area contributed by atoms with E-state index in [9.17, 15) is 4.39 Å². The monoisotopic (exact) mass is 612 g/mol. The maximum Gasteiger partial charge on any atom is 0.319 e. The predicted octanol–water partition coefficient (Wildman–Crippen LogP) is 6.96. The number of hydrogen-bond acceptors (Lipinski definition) is 7. The molecule has 5 heterocycles. The highest BCUT2D eigenvalue weighted by atomic mass is 32.2. The summed E-state index contributed by atoms with van der Waals surface area (Å²) in [6.07, 6.45) is 9.09. The lowest BCUT2D eigenvalue weighted by Crippen LogP contribution is -2.43. The van der Waals surface area contributed by atoms with E-state index in [4.69, 9.17) is 4.74 Å². The summed E-state index contributed by atoms with van der Waals surface area (Å²) < 4.78 is 56.9. The van der Waals surface area contributed by atoms with Gasteiger partial charge in [-0.25, -0.2) is 17.5 Å². The molecule has 2 aliphatic rings. The molecule has 2 fully saturated rings. The summed E-state index contributed by atoms with van der Waals surface area (Å²) in [6.45, 7) is 7.02. The highest BCUT2D eigenvalue weighted by Crippen LogP contribution is 2.41. The van der Waals surface area contributed by atoms with Crippen LogP contribution in [0.25, 0.3) is 27.5 Å². The van der Waals surface area contributed by atoms with Crippen molar-refractivity contribution in [1.29, 1.82) is 0 Å². The summed E-state index contributed by atoms with van der Waals surface area (Å²) in [7, 11) is 0. The van der Waals surface area contributed by atoms with Crippen LogP contribution < -0.4 is 10.1 Å². The van der Waals surface area contributed by atoms with Crippen molar-refractivity contribution in [2.75, 3.05) is 44.4 Å². The molecular formula is C32H39F3N6OS.